The number of carbonyl (C=O) groups is 2. The number of halogens is 3. The van der Waals surface area contributed by atoms with Crippen molar-refractivity contribution in [2.24, 2.45) is 5.73 Å². The van der Waals surface area contributed by atoms with Crippen LogP contribution in [-0.4, -0.2) is 64.9 Å². The molecule has 0 aromatic rings. The highest BCUT2D eigenvalue weighted by atomic mass is 35.6. The minimum atomic E-state index is -1.75. The van der Waals surface area contributed by atoms with Crippen molar-refractivity contribution in [3.05, 3.63) is 11.3 Å². The minimum absolute atomic E-state index is 0.0309. The highest BCUT2D eigenvalue weighted by Crippen LogP contribution is 2.41. The fraction of sp³-hybridized carbons (Fsp3) is 0.667. The molecule has 1 saturated heterocycles. The van der Waals surface area contributed by atoms with E-state index in [1.165, 1.54) is 30.9 Å². The summed E-state index contributed by atoms with van der Waals surface area (Å²) in [7, 11) is 2.84. The van der Waals surface area contributed by atoms with Crippen LogP contribution >= 0.6 is 46.6 Å². The number of esters is 1. The minimum Gasteiger partial charge on any atom is -0.456 e. The van der Waals surface area contributed by atoms with Crippen molar-refractivity contribution in [3.63, 3.8) is 0 Å². The van der Waals surface area contributed by atoms with E-state index >= 15 is 0 Å². The summed E-state index contributed by atoms with van der Waals surface area (Å²) in [6.45, 7) is -0.455. The Labute approximate surface area is 152 Å². The molecular weight excluding hydrogens is 391 g/mol. The smallest absolute Gasteiger partial charge is 0.355 e. The van der Waals surface area contributed by atoms with Gasteiger partial charge < -0.3 is 19.9 Å². The topological polar surface area (TPSA) is 91.1 Å². The fourth-order valence-corrected chi connectivity index (χ4v) is 3.77. The molecule has 7 nitrogen and oxygen atoms in total. The average molecular weight is 406 g/mol. The number of methoxy groups -OCH3 is 2. The number of rotatable bonds is 5. The molecule has 0 aliphatic carbocycles. The molecule has 2 aliphatic rings. The monoisotopic (exact) mass is 404 g/mol. The van der Waals surface area contributed by atoms with Crippen LogP contribution < -0.4 is 5.73 Å². The van der Waals surface area contributed by atoms with E-state index in [1.807, 2.05) is 0 Å². The first-order chi connectivity index (χ1) is 10.7. The van der Waals surface area contributed by atoms with Gasteiger partial charge in [-0.05, 0) is 0 Å². The standard InChI is InChI=1S/C12H15Cl3N2O5S/c1-20-11(21-2)5-3-23-9-6(16)8(18)17(9)7(5)10(19)22-4-12(13,14)15/h6,9,11H,3-4,16H2,1-2H3/t6-,9-/m0/s1. The van der Waals surface area contributed by atoms with E-state index in [9.17, 15) is 9.59 Å². The van der Waals surface area contributed by atoms with Crippen LogP contribution in [0.5, 0.6) is 0 Å². The van der Waals surface area contributed by atoms with Gasteiger partial charge in [0, 0.05) is 25.5 Å². The van der Waals surface area contributed by atoms with Gasteiger partial charge in [-0.15, -0.1) is 11.8 Å². The van der Waals surface area contributed by atoms with E-state index in [2.05, 4.69) is 0 Å². The molecule has 0 aromatic carbocycles. The van der Waals surface area contributed by atoms with Crippen LogP contribution in [0.25, 0.3) is 0 Å². The summed E-state index contributed by atoms with van der Waals surface area (Å²) < 4.78 is 13.6. The Bertz CT molecular complexity index is 535. The lowest BCUT2D eigenvalue weighted by Crippen LogP contribution is -2.68. The zero-order chi connectivity index (χ0) is 17.4. The maximum Gasteiger partial charge on any atom is 0.355 e. The second-order valence-corrected chi connectivity index (χ2v) is 8.43. The van der Waals surface area contributed by atoms with Gasteiger partial charge in [0.15, 0.2) is 6.29 Å². The molecule has 2 aliphatic heterocycles. The van der Waals surface area contributed by atoms with Gasteiger partial charge in [-0.25, -0.2) is 4.79 Å². The second kappa shape index (κ2) is 7.35. The predicted molar refractivity (Wildman–Crippen MR) is 87.1 cm³/mol. The Morgan fingerprint density at radius 3 is 2.57 bits per heavy atom. The third-order valence-corrected chi connectivity index (χ3v) is 4.96. The van der Waals surface area contributed by atoms with Gasteiger partial charge in [0.1, 0.15) is 23.7 Å². The zero-order valence-electron chi connectivity index (χ0n) is 12.3. The van der Waals surface area contributed by atoms with Crippen molar-refractivity contribution in [1.29, 1.82) is 0 Å². The van der Waals surface area contributed by atoms with E-state index < -0.39 is 28.7 Å². The van der Waals surface area contributed by atoms with Crippen LogP contribution in [0.3, 0.4) is 0 Å². The summed E-state index contributed by atoms with van der Waals surface area (Å²) in [6, 6.07) is -0.666. The third-order valence-electron chi connectivity index (χ3n) is 3.31. The van der Waals surface area contributed by atoms with Gasteiger partial charge in [-0.1, -0.05) is 34.8 Å². The summed E-state index contributed by atoms with van der Waals surface area (Å²) in [5.41, 5.74) is 6.25. The number of carbonyl (C=O) groups excluding carboxylic acids is 2. The van der Waals surface area contributed by atoms with Crippen LogP contribution in [0.4, 0.5) is 0 Å². The molecule has 2 rings (SSSR count). The summed E-state index contributed by atoms with van der Waals surface area (Å²) in [6.07, 6.45) is -0.802. The van der Waals surface area contributed by atoms with Gasteiger partial charge in [0.05, 0.1) is 0 Å². The number of β-lactam (4-membered cyclic amide) rings is 1. The highest BCUT2D eigenvalue weighted by Gasteiger charge is 2.53. The summed E-state index contributed by atoms with van der Waals surface area (Å²) >= 11 is 18.2. The number of ether oxygens (including phenoxy) is 3. The number of hydrogen-bond acceptors (Lipinski definition) is 7. The Hall–Kier alpha value is -0.220. The van der Waals surface area contributed by atoms with Crippen LogP contribution in [0.2, 0.25) is 0 Å². The average Bonchev–Trinajstić information content (AvgIpc) is 2.51. The normalized spacial score (nSPS) is 24.7. The number of nitrogens with zero attached hydrogens (tertiary/aromatic N) is 1. The van der Waals surface area contributed by atoms with Gasteiger partial charge in [0.25, 0.3) is 0 Å². The summed E-state index contributed by atoms with van der Waals surface area (Å²) in [5, 5.41) is -0.337. The zero-order valence-corrected chi connectivity index (χ0v) is 15.3. The summed E-state index contributed by atoms with van der Waals surface area (Å²) in [5.74, 6) is -0.783. The van der Waals surface area contributed by atoms with Gasteiger partial charge in [-0.3, -0.25) is 9.69 Å². The molecule has 11 heteroatoms. The van der Waals surface area contributed by atoms with Crippen LogP contribution in [0, 0.1) is 0 Å². The van der Waals surface area contributed by atoms with E-state index in [0.29, 0.717) is 11.3 Å². The lowest BCUT2D eigenvalue weighted by molar-refractivity contribution is -0.151. The van der Waals surface area contributed by atoms with E-state index in [4.69, 9.17) is 54.7 Å². The maximum atomic E-state index is 12.4. The lowest BCUT2D eigenvalue weighted by Gasteiger charge is -2.48. The van der Waals surface area contributed by atoms with Gasteiger partial charge >= 0.3 is 5.97 Å². The van der Waals surface area contributed by atoms with Crippen molar-refractivity contribution in [2.45, 2.75) is 21.5 Å². The first-order valence-electron chi connectivity index (χ1n) is 6.44. The van der Waals surface area contributed by atoms with E-state index in [0.717, 1.165) is 0 Å². The van der Waals surface area contributed by atoms with E-state index in [-0.39, 0.29) is 17.0 Å². The van der Waals surface area contributed by atoms with Crippen molar-refractivity contribution in [1.82, 2.24) is 4.90 Å². The molecule has 0 bridgehead atoms. The Balaban J connectivity index is 2.32. The number of fused-ring (bicyclic) bond motifs is 1. The number of amides is 1. The molecule has 2 heterocycles. The van der Waals surface area contributed by atoms with Crippen LogP contribution in [0.1, 0.15) is 0 Å². The molecule has 1 amide bonds. The molecule has 2 N–H and O–H groups in total. The number of nitrogens with two attached hydrogens (primary N) is 1. The number of thioether (sulfide) groups is 1. The molecule has 0 aromatic heterocycles. The molecular formula is C12H15Cl3N2O5S. The number of hydrogen-bond donors (Lipinski definition) is 1. The quantitative estimate of drug-likeness (QED) is 0.316. The molecule has 0 radical (unpaired) electrons. The van der Waals surface area contributed by atoms with Crippen molar-refractivity contribution >= 4 is 58.4 Å². The first kappa shape index (κ1) is 19.1. The Morgan fingerprint density at radius 1 is 1.43 bits per heavy atom. The second-order valence-electron chi connectivity index (χ2n) is 4.80. The molecule has 130 valence electrons. The lowest BCUT2D eigenvalue weighted by atomic mass is 10.0. The molecule has 23 heavy (non-hydrogen) atoms. The molecule has 1 fully saturated rings. The van der Waals surface area contributed by atoms with Crippen molar-refractivity contribution < 1.29 is 23.8 Å². The highest BCUT2D eigenvalue weighted by molar-refractivity contribution is 8.00. The fourth-order valence-electron chi connectivity index (χ4n) is 2.31. The predicted octanol–water partition coefficient (Wildman–Crippen LogP) is 1.02. The van der Waals surface area contributed by atoms with Gasteiger partial charge in [-0.2, -0.15) is 0 Å². The molecule has 0 spiro atoms. The van der Waals surface area contributed by atoms with Gasteiger partial charge in [0.2, 0.25) is 9.70 Å². The van der Waals surface area contributed by atoms with Crippen molar-refractivity contribution in [2.75, 3.05) is 26.6 Å². The third kappa shape index (κ3) is 3.89. The van der Waals surface area contributed by atoms with Crippen LogP contribution in [0.15, 0.2) is 11.3 Å². The molecule has 0 unspecified atom stereocenters. The first-order valence-corrected chi connectivity index (χ1v) is 8.62. The summed E-state index contributed by atoms with van der Waals surface area (Å²) in [4.78, 5) is 25.7. The van der Waals surface area contributed by atoms with Crippen LogP contribution in [-0.2, 0) is 23.8 Å². The Morgan fingerprint density at radius 2 is 2.04 bits per heavy atom. The maximum absolute atomic E-state index is 12.4. The van der Waals surface area contributed by atoms with E-state index in [1.54, 1.807) is 0 Å². The number of alkyl halides is 3. The van der Waals surface area contributed by atoms with Crippen molar-refractivity contribution in [3.8, 4) is 0 Å². The SMILES string of the molecule is COC(OC)C1=C(C(=O)OCC(Cl)(Cl)Cl)N2C(=O)[C@H](N)[C@@H]2SC1. The molecule has 0 saturated carbocycles. The largest absolute Gasteiger partial charge is 0.456 e. The Kier molecular flexibility index (Phi) is 6.10. The molecule has 2 atom stereocenters.